The Bertz CT molecular complexity index is 1060. The molecule has 4 heteroatoms. The van der Waals surface area contributed by atoms with Gasteiger partial charge in [-0.15, -0.1) is 0 Å². The first-order chi connectivity index (χ1) is 15.9. The molecule has 1 atom stereocenters. The van der Waals surface area contributed by atoms with Gasteiger partial charge >= 0.3 is 0 Å². The van der Waals surface area contributed by atoms with Gasteiger partial charge in [0.2, 0.25) is 0 Å². The van der Waals surface area contributed by atoms with E-state index in [2.05, 4.69) is 77.6 Å². The molecule has 4 nitrogen and oxygen atoms in total. The fourth-order valence-electron chi connectivity index (χ4n) is 5.49. The van der Waals surface area contributed by atoms with Crippen LogP contribution in [0.15, 0.2) is 35.8 Å². The lowest BCUT2D eigenvalue weighted by molar-refractivity contribution is 0.194. The number of allylic oxidation sites excluding steroid dienone is 4. The highest BCUT2D eigenvalue weighted by molar-refractivity contribution is 5.68. The summed E-state index contributed by atoms with van der Waals surface area (Å²) < 4.78 is 6.32. The Morgan fingerprint density at radius 1 is 0.971 bits per heavy atom. The first-order valence-corrected chi connectivity index (χ1v) is 12.7. The van der Waals surface area contributed by atoms with E-state index in [1.807, 2.05) is 12.2 Å². The maximum absolute atomic E-state index is 9.48. The molecule has 0 bridgehead atoms. The van der Waals surface area contributed by atoms with Crippen molar-refractivity contribution in [2.75, 3.05) is 18.0 Å². The van der Waals surface area contributed by atoms with Gasteiger partial charge in [0.25, 0.3) is 0 Å². The van der Waals surface area contributed by atoms with Crippen LogP contribution in [-0.2, 0) is 22.0 Å². The van der Waals surface area contributed by atoms with Crippen molar-refractivity contribution in [2.24, 2.45) is 17.3 Å². The summed E-state index contributed by atoms with van der Waals surface area (Å²) in [6.07, 6.45) is 7.96. The van der Waals surface area contributed by atoms with E-state index in [1.165, 1.54) is 35.2 Å². The highest BCUT2D eigenvalue weighted by Crippen LogP contribution is 2.49. The Labute approximate surface area is 205 Å². The van der Waals surface area contributed by atoms with E-state index in [0.29, 0.717) is 0 Å². The summed E-state index contributed by atoms with van der Waals surface area (Å²) in [5.74, 6) is 0.796. The second-order valence-corrected chi connectivity index (χ2v) is 12.6. The average Bonchev–Trinajstić information content (AvgIpc) is 2.76. The van der Waals surface area contributed by atoms with E-state index in [4.69, 9.17) is 4.74 Å². The highest BCUT2D eigenvalue weighted by atomic mass is 16.5. The quantitative estimate of drug-likeness (QED) is 0.493. The topological polar surface area (TPSA) is 60.0 Å². The molecule has 0 radical (unpaired) electrons. The van der Waals surface area contributed by atoms with E-state index in [-0.39, 0.29) is 22.2 Å². The summed E-state index contributed by atoms with van der Waals surface area (Å²) in [5, 5.41) is 19.0. The van der Waals surface area contributed by atoms with Gasteiger partial charge in [-0.2, -0.15) is 10.5 Å². The van der Waals surface area contributed by atoms with Crippen molar-refractivity contribution in [3.63, 3.8) is 0 Å². The number of nitrogens with zero attached hydrogens (tertiary/aromatic N) is 3. The Balaban J connectivity index is 1.65. The molecule has 1 aromatic carbocycles. The molecule has 0 N–H and O–H groups in total. The molecule has 0 saturated heterocycles. The van der Waals surface area contributed by atoms with Crippen LogP contribution in [0.1, 0.15) is 84.4 Å². The zero-order valence-corrected chi connectivity index (χ0v) is 22.0. The van der Waals surface area contributed by atoms with Crippen LogP contribution >= 0.6 is 0 Å². The number of nitriles is 2. The summed E-state index contributed by atoms with van der Waals surface area (Å²) >= 11 is 0. The Morgan fingerprint density at radius 3 is 2.03 bits per heavy atom. The molecule has 180 valence electrons. The van der Waals surface area contributed by atoms with Crippen LogP contribution < -0.4 is 4.90 Å². The third kappa shape index (κ3) is 4.48. The van der Waals surface area contributed by atoms with Crippen molar-refractivity contribution in [2.45, 2.75) is 85.0 Å². The van der Waals surface area contributed by atoms with Crippen LogP contribution in [0.5, 0.6) is 0 Å². The van der Waals surface area contributed by atoms with Crippen LogP contribution in [0.25, 0.3) is 0 Å². The molecule has 0 amide bonds. The van der Waals surface area contributed by atoms with E-state index in [9.17, 15) is 10.5 Å². The molecule has 0 saturated carbocycles. The highest BCUT2D eigenvalue weighted by Gasteiger charge is 2.40. The molecule has 0 fully saturated rings. The first-order valence-electron chi connectivity index (χ1n) is 12.7. The number of benzene rings is 1. The number of aryl methyl sites for hydroxylation is 1. The standard InChI is InChI=1S/C30H39N3O/c1-28(2,3)26-17-21(22(18-31)19-32)16-23(34-26)9-8-20-14-24-27-25(15-20)30(6,7)11-13-33(27)12-10-29(24,4)5/h14-17,21-22H,8-13H2,1-7H3. The van der Waals surface area contributed by atoms with Gasteiger partial charge in [-0.05, 0) is 58.9 Å². The third-order valence-corrected chi connectivity index (χ3v) is 7.98. The number of anilines is 1. The molecular formula is C30H39N3O. The molecule has 1 aromatic rings. The summed E-state index contributed by atoms with van der Waals surface area (Å²) in [7, 11) is 0. The van der Waals surface area contributed by atoms with Gasteiger partial charge in [-0.1, -0.05) is 60.6 Å². The van der Waals surface area contributed by atoms with E-state index < -0.39 is 5.92 Å². The van der Waals surface area contributed by atoms with E-state index in [0.717, 1.165) is 37.4 Å². The minimum atomic E-state index is -0.697. The van der Waals surface area contributed by atoms with Gasteiger partial charge in [-0.25, -0.2) is 0 Å². The van der Waals surface area contributed by atoms with Crippen LogP contribution in [0.2, 0.25) is 0 Å². The van der Waals surface area contributed by atoms with Gasteiger partial charge in [0.15, 0.2) is 0 Å². The van der Waals surface area contributed by atoms with Crippen LogP contribution in [-0.4, -0.2) is 13.1 Å². The number of hydrogen-bond donors (Lipinski definition) is 0. The first kappa shape index (κ1) is 24.4. The van der Waals surface area contributed by atoms with Crippen LogP contribution in [0.3, 0.4) is 0 Å². The summed E-state index contributed by atoms with van der Waals surface area (Å²) in [5.41, 5.74) is 5.97. The van der Waals surface area contributed by atoms with Crippen LogP contribution in [0, 0.1) is 39.9 Å². The maximum atomic E-state index is 9.48. The molecule has 0 aromatic heterocycles. The van der Waals surface area contributed by atoms with Crippen molar-refractivity contribution in [1.29, 1.82) is 10.5 Å². The summed E-state index contributed by atoms with van der Waals surface area (Å²) in [6.45, 7) is 18.1. The van der Waals surface area contributed by atoms with Crippen molar-refractivity contribution in [1.82, 2.24) is 0 Å². The largest absolute Gasteiger partial charge is 0.466 e. The Kier molecular flexibility index (Phi) is 6.10. The molecule has 0 aliphatic carbocycles. The maximum Gasteiger partial charge on any atom is 0.143 e. The van der Waals surface area contributed by atoms with Gasteiger partial charge in [0.05, 0.1) is 12.1 Å². The number of ether oxygens (including phenoxy) is 1. The SMILES string of the molecule is CC(C)(C)C1=CC(C(C#N)C#N)C=C(CCc2cc3c4c(c2)C(C)(C)CCN4CCC3(C)C)O1. The molecule has 3 heterocycles. The minimum absolute atomic E-state index is 0.171. The molecule has 3 aliphatic rings. The second-order valence-electron chi connectivity index (χ2n) is 12.6. The lowest BCUT2D eigenvalue weighted by Crippen LogP contribution is -2.44. The van der Waals surface area contributed by atoms with Crippen molar-refractivity contribution in [3.05, 3.63) is 52.5 Å². The smallest absolute Gasteiger partial charge is 0.143 e. The molecule has 34 heavy (non-hydrogen) atoms. The second kappa shape index (κ2) is 8.49. The van der Waals surface area contributed by atoms with Crippen molar-refractivity contribution < 1.29 is 4.74 Å². The van der Waals surface area contributed by atoms with E-state index in [1.54, 1.807) is 0 Å². The fraction of sp³-hybridized carbons (Fsp3) is 0.600. The van der Waals surface area contributed by atoms with Gasteiger partial charge in [-0.3, -0.25) is 0 Å². The lowest BCUT2D eigenvalue weighted by atomic mass is 9.69. The predicted molar refractivity (Wildman–Crippen MR) is 137 cm³/mol. The monoisotopic (exact) mass is 457 g/mol. The molecule has 4 rings (SSSR count). The average molecular weight is 458 g/mol. The molecule has 0 spiro atoms. The van der Waals surface area contributed by atoms with Gasteiger partial charge in [0.1, 0.15) is 17.4 Å². The fourth-order valence-corrected chi connectivity index (χ4v) is 5.49. The zero-order valence-electron chi connectivity index (χ0n) is 22.0. The minimum Gasteiger partial charge on any atom is -0.466 e. The normalized spacial score (nSPS) is 22.6. The molecular weight excluding hydrogens is 418 g/mol. The summed E-state index contributed by atoms with van der Waals surface area (Å²) in [4.78, 5) is 2.60. The van der Waals surface area contributed by atoms with Crippen molar-refractivity contribution in [3.8, 4) is 12.1 Å². The van der Waals surface area contributed by atoms with Crippen molar-refractivity contribution >= 4 is 5.69 Å². The van der Waals surface area contributed by atoms with Gasteiger partial charge in [0, 0.05) is 36.5 Å². The van der Waals surface area contributed by atoms with E-state index >= 15 is 0 Å². The Hall–Kier alpha value is -2.72. The number of hydrogen-bond acceptors (Lipinski definition) is 4. The third-order valence-electron chi connectivity index (χ3n) is 7.98. The zero-order chi connectivity index (χ0) is 24.9. The van der Waals surface area contributed by atoms with Gasteiger partial charge < -0.3 is 9.64 Å². The number of rotatable bonds is 4. The predicted octanol–water partition coefficient (Wildman–Crippen LogP) is 6.91. The lowest BCUT2D eigenvalue weighted by Gasteiger charge is -2.48. The Morgan fingerprint density at radius 2 is 1.53 bits per heavy atom. The molecule has 3 aliphatic heterocycles. The summed E-state index contributed by atoms with van der Waals surface area (Å²) in [6, 6.07) is 9.17. The van der Waals surface area contributed by atoms with Crippen LogP contribution in [0.4, 0.5) is 5.69 Å². The molecule has 1 unspecified atom stereocenters.